The third-order valence-corrected chi connectivity index (χ3v) is 9.45. The number of carbonyl (C=O) groups excluding carboxylic acids is 1. The van der Waals surface area contributed by atoms with Crippen molar-refractivity contribution in [3.8, 4) is 0 Å². The third-order valence-electron chi connectivity index (χ3n) is 7.54. The second kappa shape index (κ2) is 9.72. The molecule has 2 saturated heterocycles. The van der Waals surface area contributed by atoms with Gasteiger partial charge in [0.15, 0.2) is 0 Å². The number of aliphatic hydroxyl groups excluding tert-OH is 1. The summed E-state index contributed by atoms with van der Waals surface area (Å²) < 4.78 is 63.6. The Morgan fingerprint density at radius 1 is 0.972 bits per heavy atom. The minimum atomic E-state index is -4.22. The molecule has 7 nitrogen and oxygen atoms in total. The normalized spacial score (nSPS) is 24.9. The van der Waals surface area contributed by atoms with Gasteiger partial charge in [-0.25, -0.2) is 22.0 Å². The van der Waals surface area contributed by atoms with Gasteiger partial charge < -0.3 is 14.7 Å². The van der Waals surface area contributed by atoms with Crippen LogP contribution in [0.5, 0.6) is 0 Å². The zero-order valence-corrected chi connectivity index (χ0v) is 20.7. The van der Waals surface area contributed by atoms with E-state index in [1.165, 1.54) is 34.6 Å². The van der Waals surface area contributed by atoms with E-state index in [-0.39, 0.29) is 4.90 Å². The first-order chi connectivity index (χ1) is 17.2. The molecule has 1 saturated carbocycles. The Morgan fingerprint density at radius 3 is 2.28 bits per heavy atom. The molecule has 3 fully saturated rings. The maximum absolute atomic E-state index is 14.2. The lowest BCUT2D eigenvalue weighted by Gasteiger charge is -2.45. The van der Waals surface area contributed by atoms with Crippen LogP contribution in [0.3, 0.4) is 0 Å². The monoisotopic (exact) mass is 520 g/mol. The van der Waals surface area contributed by atoms with Gasteiger partial charge in [-0.3, -0.25) is 0 Å². The van der Waals surface area contributed by atoms with Gasteiger partial charge >= 0.3 is 6.09 Å². The van der Waals surface area contributed by atoms with Crippen LogP contribution >= 0.6 is 0 Å². The van der Waals surface area contributed by atoms with Gasteiger partial charge in [-0.15, -0.1) is 0 Å². The van der Waals surface area contributed by atoms with E-state index in [4.69, 9.17) is 4.74 Å². The first-order valence-corrected chi connectivity index (χ1v) is 13.8. The van der Waals surface area contributed by atoms with E-state index in [0.717, 1.165) is 6.07 Å². The van der Waals surface area contributed by atoms with Crippen LogP contribution in [0.15, 0.2) is 53.4 Å². The van der Waals surface area contributed by atoms with Gasteiger partial charge in [0.1, 0.15) is 17.2 Å². The fourth-order valence-corrected chi connectivity index (χ4v) is 7.45. The molecular formula is C26H30F2N2O5S. The average molecular weight is 521 g/mol. The quantitative estimate of drug-likeness (QED) is 0.633. The molecule has 2 aromatic rings. The molecular weight excluding hydrogens is 490 g/mol. The van der Waals surface area contributed by atoms with Crippen molar-refractivity contribution in [2.24, 2.45) is 0 Å². The SMILES string of the molecule is O=C(OC1([C@H]2CCC[C@@H](c3cccc(F)c3)N2S(=O)(=O)c2cccc(F)c2)CC1)N1CCC(O)CC1. The number of carbonyl (C=O) groups is 1. The van der Waals surface area contributed by atoms with Crippen LogP contribution in [-0.2, 0) is 14.8 Å². The van der Waals surface area contributed by atoms with E-state index in [2.05, 4.69) is 0 Å². The number of hydrogen-bond acceptors (Lipinski definition) is 5. The number of nitrogens with zero attached hydrogens (tertiary/aromatic N) is 2. The lowest BCUT2D eigenvalue weighted by atomic mass is 9.90. The van der Waals surface area contributed by atoms with Crippen LogP contribution in [0.2, 0.25) is 0 Å². The molecule has 1 aliphatic carbocycles. The number of halogens is 2. The predicted octanol–water partition coefficient (Wildman–Crippen LogP) is 4.38. The second-order valence-corrected chi connectivity index (χ2v) is 11.8. The lowest BCUT2D eigenvalue weighted by molar-refractivity contribution is -0.0160. The molecule has 2 atom stereocenters. The number of hydrogen-bond donors (Lipinski definition) is 1. The van der Waals surface area contributed by atoms with Crippen molar-refractivity contribution in [1.82, 2.24) is 9.21 Å². The Morgan fingerprint density at radius 2 is 1.64 bits per heavy atom. The molecule has 0 spiro atoms. The predicted molar refractivity (Wildman–Crippen MR) is 127 cm³/mol. The number of ether oxygens (including phenoxy) is 1. The number of piperidine rings is 2. The van der Waals surface area contributed by atoms with E-state index in [1.54, 1.807) is 17.0 Å². The number of likely N-dealkylation sites (tertiary alicyclic amines) is 1. The molecule has 0 aromatic heterocycles. The van der Waals surface area contributed by atoms with Crippen LogP contribution in [0.25, 0.3) is 0 Å². The maximum Gasteiger partial charge on any atom is 0.410 e. The summed E-state index contributed by atoms with van der Waals surface area (Å²) in [6.07, 6.45) is 2.57. The summed E-state index contributed by atoms with van der Waals surface area (Å²) in [7, 11) is -4.22. The van der Waals surface area contributed by atoms with E-state index in [0.29, 0.717) is 63.6 Å². The molecule has 0 bridgehead atoms. The first kappa shape index (κ1) is 25.1. The highest BCUT2D eigenvalue weighted by Gasteiger charge is 2.60. The topological polar surface area (TPSA) is 87.2 Å². The highest BCUT2D eigenvalue weighted by Crippen LogP contribution is 2.52. The molecule has 5 rings (SSSR count). The molecule has 10 heteroatoms. The Hall–Kier alpha value is -2.56. The molecule has 194 valence electrons. The average Bonchev–Trinajstić information content (AvgIpc) is 3.64. The van der Waals surface area contributed by atoms with Crippen molar-refractivity contribution in [1.29, 1.82) is 0 Å². The van der Waals surface area contributed by atoms with E-state index >= 15 is 0 Å². The van der Waals surface area contributed by atoms with Crippen molar-refractivity contribution in [2.45, 2.75) is 73.6 Å². The fourth-order valence-electron chi connectivity index (χ4n) is 5.50. The second-order valence-electron chi connectivity index (χ2n) is 9.96. The summed E-state index contributed by atoms with van der Waals surface area (Å²) in [5.74, 6) is -1.15. The Labute approximate surface area is 209 Å². The van der Waals surface area contributed by atoms with Crippen LogP contribution in [0.1, 0.15) is 56.6 Å². The van der Waals surface area contributed by atoms with Crippen molar-refractivity contribution in [3.63, 3.8) is 0 Å². The van der Waals surface area contributed by atoms with Gasteiger partial charge in [-0.1, -0.05) is 18.2 Å². The molecule has 2 aliphatic heterocycles. The number of aliphatic hydroxyl groups is 1. The number of rotatable bonds is 5. The standard InChI is InChI=1S/C26H30F2N2O5S/c27-19-5-1-4-18(16-19)23-8-3-9-24(30(23)36(33,34)22-7-2-6-20(28)17-22)26(12-13-26)35-25(32)29-14-10-21(31)11-15-29/h1-2,4-7,16-17,21,23-24,31H,3,8-15H2/t23-,24+/m0/s1. The van der Waals surface area contributed by atoms with E-state index in [1.807, 2.05) is 0 Å². The van der Waals surface area contributed by atoms with Gasteiger partial charge in [-0.05, 0) is 80.8 Å². The number of amides is 1. The van der Waals surface area contributed by atoms with Crippen molar-refractivity contribution < 1.29 is 31.8 Å². The highest BCUT2D eigenvalue weighted by molar-refractivity contribution is 7.89. The third kappa shape index (κ3) is 4.86. The summed E-state index contributed by atoms with van der Waals surface area (Å²) in [4.78, 5) is 14.4. The summed E-state index contributed by atoms with van der Waals surface area (Å²) in [5, 5.41) is 9.76. The van der Waals surface area contributed by atoms with Crippen LogP contribution in [0.4, 0.5) is 13.6 Å². The van der Waals surface area contributed by atoms with Gasteiger partial charge in [0.25, 0.3) is 0 Å². The molecule has 36 heavy (non-hydrogen) atoms. The molecule has 3 aliphatic rings. The minimum Gasteiger partial charge on any atom is -0.441 e. The summed E-state index contributed by atoms with van der Waals surface area (Å²) in [6.45, 7) is 0.746. The minimum absolute atomic E-state index is 0.192. The molecule has 2 heterocycles. The Balaban J connectivity index is 1.51. The highest BCUT2D eigenvalue weighted by atomic mass is 32.2. The van der Waals surface area contributed by atoms with Crippen LogP contribution < -0.4 is 0 Å². The molecule has 0 unspecified atom stereocenters. The molecule has 1 amide bonds. The lowest BCUT2D eigenvalue weighted by Crippen LogP contribution is -2.54. The fraction of sp³-hybridized carbons (Fsp3) is 0.500. The first-order valence-electron chi connectivity index (χ1n) is 12.4. The number of benzene rings is 2. The van der Waals surface area contributed by atoms with Gasteiger partial charge in [0.2, 0.25) is 10.0 Å². The number of sulfonamides is 1. The summed E-state index contributed by atoms with van der Waals surface area (Å²) in [6, 6.07) is 9.34. The summed E-state index contributed by atoms with van der Waals surface area (Å²) >= 11 is 0. The zero-order chi connectivity index (χ0) is 25.5. The molecule has 0 radical (unpaired) electrons. The van der Waals surface area contributed by atoms with Crippen LogP contribution in [0, 0.1) is 11.6 Å². The molecule has 1 N–H and O–H groups in total. The Kier molecular flexibility index (Phi) is 6.78. The zero-order valence-electron chi connectivity index (χ0n) is 19.9. The van der Waals surface area contributed by atoms with Gasteiger partial charge in [-0.2, -0.15) is 4.31 Å². The van der Waals surface area contributed by atoms with Crippen molar-refractivity contribution in [3.05, 3.63) is 65.7 Å². The largest absolute Gasteiger partial charge is 0.441 e. The van der Waals surface area contributed by atoms with Gasteiger partial charge in [0, 0.05) is 13.1 Å². The molecule has 2 aromatic carbocycles. The van der Waals surface area contributed by atoms with E-state index in [9.17, 15) is 27.1 Å². The smallest absolute Gasteiger partial charge is 0.410 e. The summed E-state index contributed by atoms with van der Waals surface area (Å²) in [5.41, 5.74) is -0.494. The maximum atomic E-state index is 14.2. The van der Waals surface area contributed by atoms with E-state index < -0.39 is 51.5 Å². The Bertz CT molecular complexity index is 1230. The van der Waals surface area contributed by atoms with Crippen LogP contribution in [-0.4, -0.2) is 59.7 Å². The van der Waals surface area contributed by atoms with Crippen molar-refractivity contribution >= 4 is 16.1 Å². The van der Waals surface area contributed by atoms with Crippen molar-refractivity contribution in [2.75, 3.05) is 13.1 Å². The van der Waals surface area contributed by atoms with Gasteiger partial charge in [0.05, 0.1) is 23.1 Å².